The molecule has 0 aliphatic rings. The third-order valence-corrected chi connectivity index (χ3v) is 2.62. The lowest BCUT2D eigenvalue weighted by molar-refractivity contribution is -0.384. The van der Waals surface area contributed by atoms with E-state index in [1.165, 1.54) is 12.1 Å². The van der Waals surface area contributed by atoms with Crippen LogP contribution in [-0.4, -0.2) is 28.8 Å². The Labute approximate surface area is 118 Å². The quantitative estimate of drug-likeness (QED) is 0.455. The second-order valence-electron chi connectivity index (χ2n) is 5.58. The zero-order chi connectivity index (χ0) is 15.2. The second-order valence-corrected chi connectivity index (χ2v) is 5.58. The Balaban J connectivity index is 2.88. The first-order valence-electron chi connectivity index (χ1n) is 6.59. The van der Waals surface area contributed by atoms with Crippen molar-refractivity contribution in [2.75, 3.05) is 13.2 Å². The van der Waals surface area contributed by atoms with Gasteiger partial charge < -0.3 is 15.2 Å². The van der Waals surface area contributed by atoms with Crippen LogP contribution in [0, 0.1) is 10.1 Å². The SMILES string of the molecule is CC(C)(C)NCc1cc([N+](=O)[O-])ccc1OCCCO. The molecular weight excluding hydrogens is 260 g/mol. The monoisotopic (exact) mass is 282 g/mol. The fourth-order valence-electron chi connectivity index (χ4n) is 1.57. The highest BCUT2D eigenvalue weighted by molar-refractivity contribution is 5.43. The molecule has 0 heterocycles. The van der Waals surface area contributed by atoms with Crippen LogP contribution in [0.15, 0.2) is 18.2 Å². The molecule has 0 saturated carbocycles. The van der Waals surface area contributed by atoms with Crippen LogP contribution in [0.25, 0.3) is 0 Å². The van der Waals surface area contributed by atoms with Crippen LogP contribution in [0.3, 0.4) is 0 Å². The fraction of sp³-hybridized carbons (Fsp3) is 0.571. The maximum Gasteiger partial charge on any atom is 0.270 e. The zero-order valence-electron chi connectivity index (χ0n) is 12.2. The number of nitrogens with one attached hydrogen (secondary N) is 1. The van der Waals surface area contributed by atoms with Gasteiger partial charge in [0.15, 0.2) is 0 Å². The first-order valence-corrected chi connectivity index (χ1v) is 6.59. The van der Waals surface area contributed by atoms with Gasteiger partial charge in [-0.05, 0) is 26.8 Å². The molecule has 1 rings (SSSR count). The summed E-state index contributed by atoms with van der Waals surface area (Å²) >= 11 is 0. The van der Waals surface area contributed by atoms with Gasteiger partial charge in [0.25, 0.3) is 5.69 Å². The summed E-state index contributed by atoms with van der Waals surface area (Å²) < 4.78 is 5.55. The van der Waals surface area contributed by atoms with Gasteiger partial charge in [0, 0.05) is 42.8 Å². The molecule has 0 amide bonds. The van der Waals surface area contributed by atoms with E-state index in [-0.39, 0.29) is 17.8 Å². The number of nitro benzene ring substituents is 1. The molecule has 112 valence electrons. The van der Waals surface area contributed by atoms with E-state index in [1.54, 1.807) is 6.07 Å². The number of benzene rings is 1. The number of aliphatic hydroxyl groups excluding tert-OH is 1. The Hall–Kier alpha value is -1.66. The van der Waals surface area contributed by atoms with Crippen LogP contribution < -0.4 is 10.1 Å². The van der Waals surface area contributed by atoms with Crippen molar-refractivity contribution in [2.45, 2.75) is 39.3 Å². The normalized spacial score (nSPS) is 11.4. The highest BCUT2D eigenvalue weighted by atomic mass is 16.6. The molecule has 6 nitrogen and oxygen atoms in total. The third kappa shape index (κ3) is 5.54. The molecular formula is C14H22N2O4. The molecule has 1 aromatic carbocycles. The lowest BCUT2D eigenvalue weighted by Crippen LogP contribution is -2.35. The average molecular weight is 282 g/mol. The van der Waals surface area contributed by atoms with E-state index in [1.807, 2.05) is 20.8 Å². The van der Waals surface area contributed by atoms with Crippen LogP contribution >= 0.6 is 0 Å². The molecule has 0 bridgehead atoms. The van der Waals surface area contributed by atoms with Gasteiger partial charge in [0.05, 0.1) is 11.5 Å². The third-order valence-electron chi connectivity index (χ3n) is 2.62. The van der Waals surface area contributed by atoms with Crippen molar-refractivity contribution >= 4 is 5.69 Å². The topological polar surface area (TPSA) is 84.6 Å². The van der Waals surface area contributed by atoms with Gasteiger partial charge in [-0.25, -0.2) is 0 Å². The summed E-state index contributed by atoms with van der Waals surface area (Å²) in [5.41, 5.74) is 0.699. The highest BCUT2D eigenvalue weighted by Crippen LogP contribution is 2.25. The zero-order valence-corrected chi connectivity index (χ0v) is 12.2. The first-order chi connectivity index (χ1) is 9.33. The smallest absolute Gasteiger partial charge is 0.270 e. The van der Waals surface area contributed by atoms with Gasteiger partial charge in [-0.2, -0.15) is 0 Å². The molecule has 0 radical (unpaired) electrons. The number of rotatable bonds is 7. The van der Waals surface area contributed by atoms with Crippen molar-refractivity contribution in [1.29, 1.82) is 0 Å². The molecule has 0 aromatic heterocycles. The highest BCUT2D eigenvalue weighted by Gasteiger charge is 2.15. The van der Waals surface area contributed by atoms with Gasteiger partial charge in [0.2, 0.25) is 0 Å². The Morgan fingerprint density at radius 2 is 2.10 bits per heavy atom. The fourth-order valence-corrected chi connectivity index (χ4v) is 1.57. The van der Waals surface area contributed by atoms with Gasteiger partial charge in [0.1, 0.15) is 5.75 Å². The van der Waals surface area contributed by atoms with Gasteiger partial charge in [-0.3, -0.25) is 10.1 Å². The summed E-state index contributed by atoms with van der Waals surface area (Å²) in [6.45, 7) is 7.00. The van der Waals surface area contributed by atoms with E-state index >= 15 is 0 Å². The van der Waals surface area contributed by atoms with Crippen molar-refractivity contribution < 1.29 is 14.8 Å². The minimum Gasteiger partial charge on any atom is -0.493 e. The molecule has 0 aliphatic heterocycles. The number of aliphatic hydroxyl groups is 1. The number of nitro groups is 1. The lowest BCUT2D eigenvalue weighted by atomic mass is 10.1. The predicted molar refractivity (Wildman–Crippen MR) is 76.9 cm³/mol. The molecule has 0 atom stereocenters. The van der Waals surface area contributed by atoms with E-state index < -0.39 is 4.92 Å². The minimum absolute atomic E-state index is 0.0465. The van der Waals surface area contributed by atoms with E-state index in [0.29, 0.717) is 25.3 Å². The largest absolute Gasteiger partial charge is 0.493 e. The predicted octanol–water partition coefficient (Wildman–Crippen LogP) is 2.24. The van der Waals surface area contributed by atoms with Gasteiger partial charge in [-0.1, -0.05) is 0 Å². The van der Waals surface area contributed by atoms with Crippen LogP contribution in [0.5, 0.6) is 5.75 Å². The molecule has 2 N–H and O–H groups in total. The van der Waals surface area contributed by atoms with E-state index in [0.717, 1.165) is 5.56 Å². The molecule has 0 aliphatic carbocycles. The van der Waals surface area contributed by atoms with E-state index in [9.17, 15) is 10.1 Å². The summed E-state index contributed by atoms with van der Waals surface area (Å²) in [6.07, 6.45) is 0.531. The Morgan fingerprint density at radius 1 is 1.40 bits per heavy atom. The van der Waals surface area contributed by atoms with Crippen molar-refractivity contribution in [3.05, 3.63) is 33.9 Å². The summed E-state index contributed by atoms with van der Waals surface area (Å²) in [5.74, 6) is 0.612. The van der Waals surface area contributed by atoms with Gasteiger partial charge >= 0.3 is 0 Å². The number of non-ortho nitro benzene ring substituents is 1. The molecule has 0 spiro atoms. The number of hydrogen-bond donors (Lipinski definition) is 2. The standard InChI is InChI=1S/C14H22N2O4/c1-14(2,3)15-10-11-9-12(16(18)19)5-6-13(11)20-8-4-7-17/h5-6,9,15,17H,4,7-8,10H2,1-3H3. The number of nitrogens with zero attached hydrogens (tertiary/aromatic N) is 1. The van der Waals surface area contributed by atoms with Crippen molar-refractivity contribution in [3.63, 3.8) is 0 Å². The number of ether oxygens (including phenoxy) is 1. The molecule has 0 fully saturated rings. The molecule has 20 heavy (non-hydrogen) atoms. The average Bonchev–Trinajstić information content (AvgIpc) is 2.36. The minimum atomic E-state index is -0.419. The maximum absolute atomic E-state index is 10.8. The van der Waals surface area contributed by atoms with Crippen LogP contribution in [0.2, 0.25) is 0 Å². The molecule has 0 unspecified atom stereocenters. The first kappa shape index (κ1) is 16.4. The molecule has 6 heteroatoms. The Kier molecular flexibility index (Phi) is 5.91. The van der Waals surface area contributed by atoms with Crippen LogP contribution in [0.1, 0.15) is 32.8 Å². The molecule has 0 saturated heterocycles. The summed E-state index contributed by atoms with van der Waals surface area (Å²) in [7, 11) is 0. The van der Waals surface area contributed by atoms with E-state index in [2.05, 4.69) is 5.32 Å². The van der Waals surface area contributed by atoms with Crippen molar-refractivity contribution in [2.24, 2.45) is 0 Å². The Bertz CT molecular complexity index is 455. The number of hydrogen-bond acceptors (Lipinski definition) is 5. The van der Waals surface area contributed by atoms with Crippen molar-refractivity contribution in [1.82, 2.24) is 5.32 Å². The summed E-state index contributed by atoms with van der Waals surface area (Å²) in [4.78, 5) is 10.4. The summed E-state index contributed by atoms with van der Waals surface area (Å²) in [5, 5.41) is 22.9. The van der Waals surface area contributed by atoms with Crippen LogP contribution in [0.4, 0.5) is 5.69 Å². The summed E-state index contributed by atoms with van der Waals surface area (Å²) in [6, 6.07) is 4.55. The second kappa shape index (κ2) is 7.21. The van der Waals surface area contributed by atoms with Crippen LogP contribution in [-0.2, 0) is 6.54 Å². The van der Waals surface area contributed by atoms with Gasteiger partial charge in [-0.15, -0.1) is 0 Å². The molecule has 1 aromatic rings. The van der Waals surface area contributed by atoms with E-state index in [4.69, 9.17) is 9.84 Å². The maximum atomic E-state index is 10.8. The van der Waals surface area contributed by atoms with Crippen molar-refractivity contribution in [3.8, 4) is 5.75 Å². The lowest BCUT2D eigenvalue weighted by Gasteiger charge is -2.21. The Morgan fingerprint density at radius 3 is 2.65 bits per heavy atom.